The summed E-state index contributed by atoms with van der Waals surface area (Å²) in [6, 6.07) is 13.0. The van der Waals surface area contributed by atoms with Gasteiger partial charge in [0.05, 0.1) is 14.2 Å². The highest BCUT2D eigenvalue weighted by atomic mass is 16.5. The first-order valence-electron chi connectivity index (χ1n) is 7.48. The lowest BCUT2D eigenvalue weighted by molar-refractivity contribution is 0.102. The lowest BCUT2D eigenvalue weighted by Crippen LogP contribution is -2.13. The van der Waals surface area contributed by atoms with E-state index in [1.807, 2.05) is 24.3 Å². The van der Waals surface area contributed by atoms with E-state index in [1.54, 1.807) is 32.4 Å². The van der Waals surface area contributed by atoms with Gasteiger partial charge in [-0.1, -0.05) is 32.9 Å². The molecule has 0 saturated heterocycles. The van der Waals surface area contributed by atoms with Crippen LogP contribution in [-0.2, 0) is 5.41 Å². The van der Waals surface area contributed by atoms with E-state index >= 15 is 0 Å². The van der Waals surface area contributed by atoms with Crippen LogP contribution in [0, 0.1) is 0 Å². The number of nitrogens with one attached hydrogen (secondary N) is 1. The molecule has 0 spiro atoms. The topological polar surface area (TPSA) is 47.6 Å². The number of anilines is 1. The SMILES string of the molecule is COc1cc(OC)cc(C(=O)Nc2ccc(C(C)(C)C)cc2)c1. The van der Waals surface area contributed by atoms with Crippen molar-refractivity contribution in [1.82, 2.24) is 0 Å². The maximum atomic E-state index is 12.4. The highest BCUT2D eigenvalue weighted by Crippen LogP contribution is 2.25. The first-order chi connectivity index (χ1) is 10.8. The lowest BCUT2D eigenvalue weighted by atomic mass is 9.87. The second-order valence-electron chi connectivity index (χ2n) is 6.38. The van der Waals surface area contributed by atoms with E-state index < -0.39 is 0 Å². The number of ether oxygens (including phenoxy) is 2. The summed E-state index contributed by atoms with van der Waals surface area (Å²) in [6.07, 6.45) is 0. The molecule has 0 radical (unpaired) electrons. The molecule has 122 valence electrons. The van der Waals surface area contributed by atoms with E-state index in [-0.39, 0.29) is 11.3 Å². The van der Waals surface area contributed by atoms with Gasteiger partial charge in [-0.2, -0.15) is 0 Å². The smallest absolute Gasteiger partial charge is 0.255 e. The number of rotatable bonds is 4. The molecule has 23 heavy (non-hydrogen) atoms. The van der Waals surface area contributed by atoms with Gasteiger partial charge in [-0.15, -0.1) is 0 Å². The van der Waals surface area contributed by atoms with Gasteiger partial charge in [-0.3, -0.25) is 4.79 Å². The Kier molecular flexibility index (Phi) is 4.94. The van der Waals surface area contributed by atoms with Crippen molar-refractivity contribution in [3.8, 4) is 11.5 Å². The molecule has 0 atom stereocenters. The number of carbonyl (C=O) groups is 1. The Morgan fingerprint density at radius 1 is 0.913 bits per heavy atom. The van der Waals surface area contributed by atoms with Crippen molar-refractivity contribution in [2.45, 2.75) is 26.2 Å². The molecule has 0 bridgehead atoms. The molecule has 0 aliphatic rings. The quantitative estimate of drug-likeness (QED) is 0.917. The average Bonchev–Trinajstić information content (AvgIpc) is 2.53. The molecule has 4 nitrogen and oxygen atoms in total. The van der Waals surface area contributed by atoms with Crippen molar-refractivity contribution in [3.63, 3.8) is 0 Å². The van der Waals surface area contributed by atoms with E-state index in [0.717, 1.165) is 5.69 Å². The minimum Gasteiger partial charge on any atom is -0.497 e. The van der Waals surface area contributed by atoms with Crippen molar-refractivity contribution in [2.24, 2.45) is 0 Å². The van der Waals surface area contributed by atoms with Gasteiger partial charge in [-0.05, 0) is 35.2 Å². The molecular formula is C19H23NO3. The van der Waals surface area contributed by atoms with Crippen LogP contribution in [0.15, 0.2) is 42.5 Å². The number of hydrogen-bond acceptors (Lipinski definition) is 3. The van der Waals surface area contributed by atoms with Gasteiger partial charge in [-0.25, -0.2) is 0 Å². The normalized spacial score (nSPS) is 11.0. The zero-order valence-corrected chi connectivity index (χ0v) is 14.3. The van der Waals surface area contributed by atoms with E-state index in [4.69, 9.17) is 9.47 Å². The summed E-state index contributed by atoms with van der Waals surface area (Å²) in [5.74, 6) is 0.959. The highest BCUT2D eigenvalue weighted by Gasteiger charge is 2.14. The van der Waals surface area contributed by atoms with E-state index in [9.17, 15) is 4.79 Å². The van der Waals surface area contributed by atoms with Crippen LogP contribution in [0.3, 0.4) is 0 Å². The lowest BCUT2D eigenvalue weighted by Gasteiger charge is -2.19. The van der Waals surface area contributed by atoms with Crippen LogP contribution in [-0.4, -0.2) is 20.1 Å². The van der Waals surface area contributed by atoms with Crippen LogP contribution in [0.4, 0.5) is 5.69 Å². The maximum Gasteiger partial charge on any atom is 0.255 e. The minimum absolute atomic E-state index is 0.0860. The summed E-state index contributed by atoms with van der Waals surface area (Å²) in [4.78, 5) is 12.4. The van der Waals surface area contributed by atoms with Crippen LogP contribution in [0.2, 0.25) is 0 Å². The Morgan fingerprint density at radius 3 is 1.87 bits per heavy atom. The third-order valence-electron chi connectivity index (χ3n) is 3.62. The number of benzene rings is 2. The molecule has 1 amide bonds. The molecular weight excluding hydrogens is 290 g/mol. The number of hydrogen-bond donors (Lipinski definition) is 1. The summed E-state index contributed by atoms with van der Waals surface area (Å²) in [6.45, 7) is 6.47. The predicted molar refractivity (Wildman–Crippen MR) is 92.6 cm³/mol. The summed E-state index contributed by atoms with van der Waals surface area (Å²) in [7, 11) is 3.11. The fourth-order valence-electron chi connectivity index (χ4n) is 2.20. The van der Waals surface area contributed by atoms with Crippen molar-refractivity contribution < 1.29 is 14.3 Å². The second-order valence-corrected chi connectivity index (χ2v) is 6.38. The molecule has 0 aliphatic heterocycles. The Hall–Kier alpha value is -2.49. The van der Waals surface area contributed by atoms with Gasteiger partial charge < -0.3 is 14.8 Å². The van der Waals surface area contributed by atoms with Gasteiger partial charge in [0.1, 0.15) is 11.5 Å². The van der Waals surface area contributed by atoms with Crippen LogP contribution >= 0.6 is 0 Å². The van der Waals surface area contributed by atoms with Crippen LogP contribution in [0.1, 0.15) is 36.7 Å². The largest absolute Gasteiger partial charge is 0.497 e. The van der Waals surface area contributed by atoms with Gasteiger partial charge >= 0.3 is 0 Å². The predicted octanol–water partition coefficient (Wildman–Crippen LogP) is 4.25. The van der Waals surface area contributed by atoms with Gasteiger partial charge in [0, 0.05) is 17.3 Å². The molecule has 2 rings (SSSR count). The molecule has 0 fully saturated rings. The molecule has 0 saturated carbocycles. The fraction of sp³-hybridized carbons (Fsp3) is 0.316. The summed E-state index contributed by atoms with van der Waals surface area (Å²) in [5, 5.41) is 2.89. The molecule has 4 heteroatoms. The zero-order chi connectivity index (χ0) is 17.0. The van der Waals surface area contributed by atoms with Crippen LogP contribution in [0.5, 0.6) is 11.5 Å². The molecule has 2 aromatic rings. The first-order valence-corrected chi connectivity index (χ1v) is 7.48. The summed E-state index contributed by atoms with van der Waals surface area (Å²) >= 11 is 0. The van der Waals surface area contributed by atoms with E-state index in [1.165, 1.54) is 5.56 Å². The monoisotopic (exact) mass is 313 g/mol. The Bertz CT molecular complexity index is 663. The molecule has 0 aliphatic carbocycles. The van der Waals surface area contributed by atoms with E-state index in [0.29, 0.717) is 17.1 Å². The second kappa shape index (κ2) is 6.73. The van der Waals surface area contributed by atoms with Crippen molar-refractivity contribution in [2.75, 3.05) is 19.5 Å². The highest BCUT2D eigenvalue weighted by molar-refractivity contribution is 6.04. The van der Waals surface area contributed by atoms with Crippen LogP contribution in [0.25, 0.3) is 0 Å². The fourth-order valence-corrected chi connectivity index (χ4v) is 2.20. The number of methoxy groups -OCH3 is 2. The van der Waals surface area contributed by atoms with E-state index in [2.05, 4.69) is 26.1 Å². The van der Waals surface area contributed by atoms with Gasteiger partial charge in [0.15, 0.2) is 0 Å². The first kappa shape index (κ1) is 16.9. The van der Waals surface area contributed by atoms with Crippen molar-refractivity contribution in [1.29, 1.82) is 0 Å². The van der Waals surface area contributed by atoms with Crippen molar-refractivity contribution >= 4 is 11.6 Å². The molecule has 1 N–H and O–H groups in total. The van der Waals surface area contributed by atoms with Gasteiger partial charge in [0.25, 0.3) is 5.91 Å². The Morgan fingerprint density at radius 2 is 1.43 bits per heavy atom. The number of carbonyl (C=O) groups excluding carboxylic acids is 1. The summed E-state index contributed by atoms with van der Waals surface area (Å²) in [5.41, 5.74) is 2.55. The molecule has 0 aromatic heterocycles. The third-order valence-corrected chi connectivity index (χ3v) is 3.62. The standard InChI is InChI=1S/C19H23NO3/c1-19(2,3)14-6-8-15(9-7-14)20-18(21)13-10-16(22-4)12-17(11-13)23-5/h6-12H,1-5H3,(H,20,21). The maximum absolute atomic E-state index is 12.4. The molecule has 2 aromatic carbocycles. The van der Waals surface area contributed by atoms with Crippen LogP contribution < -0.4 is 14.8 Å². The van der Waals surface area contributed by atoms with Gasteiger partial charge in [0.2, 0.25) is 0 Å². The third kappa shape index (κ3) is 4.25. The Balaban J connectivity index is 2.19. The average molecular weight is 313 g/mol. The zero-order valence-electron chi connectivity index (χ0n) is 14.3. The summed E-state index contributed by atoms with van der Waals surface area (Å²) < 4.78 is 10.4. The molecule has 0 heterocycles. The van der Waals surface area contributed by atoms with Crippen molar-refractivity contribution in [3.05, 3.63) is 53.6 Å². The number of amides is 1. The minimum atomic E-state index is -0.203. The Labute approximate surface area is 137 Å². The molecule has 0 unspecified atom stereocenters.